The topological polar surface area (TPSA) is 61.0 Å². The molecule has 0 saturated heterocycles. The van der Waals surface area contributed by atoms with E-state index in [1.807, 2.05) is 25.1 Å². The number of nitrogens with two attached hydrogens (primary N) is 1. The zero-order valence-corrected chi connectivity index (χ0v) is 10.5. The number of rotatable bonds is 5. The maximum absolute atomic E-state index is 5.88. The Labute approximate surface area is 107 Å². The second-order valence-electron chi connectivity index (χ2n) is 4.15. The molecule has 0 aliphatic carbocycles. The standard InChI is InChI=1S/C14H17N3O/c1-11-4-9-17-14(13(11)15)18-10-2-3-12-5-7-16-8-6-12/h4-9H,2-3,10,15H2,1H3. The lowest BCUT2D eigenvalue weighted by atomic mass is 10.1. The van der Waals surface area contributed by atoms with Gasteiger partial charge in [0.15, 0.2) is 0 Å². The third-order valence-corrected chi connectivity index (χ3v) is 2.77. The van der Waals surface area contributed by atoms with E-state index in [0.717, 1.165) is 18.4 Å². The Bertz CT molecular complexity index is 500. The van der Waals surface area contributed by atoms with Crippen molar-refractivity contribution < 1.29 is 4.74 Å². The van der Waals surface area contributed by atoms with E-state index in [1.165, 1.54) is 5.56 Å². The maximum Gasteiger partial charge on any atom is 0.237 e. The van der Waals surface area contributed by atoms with Crippen LogP contribution in [0.1, 0.15) is 17.5 Å². The van der Waals surface area contributed by atoms with Crippen molar-refractivity contribution in [3.05, 3.63) is 47.9 Å². The van der Waals surface area contributed by atoms with Crippen LogP contribution in [-0.4, -0.2) is 16.6 Å². The van der Waals surface area contributed by atoms with Crippen LogP contribution in [0, 0.1) is 6.92 Å². The zero-order valence-electron chi connectivity index (χ0n) is 10.5. The lowest BCUT2D eigenvalue weighted by Crippen LogP contribution is -2.04. The largest absolute Gasteiger partial charge is 0.476 e. The summed E-state index contributed by atoms with van der Waals surface area (Å²) in [6.45, 7) is 2.56. The highest BCUT2D eigenvalue weighted by Gasteiger charge is 2.03. The quantitative estimate of drug-likeness (QED) is 0.819. The normalized spacial score (nSPS) is 10.3. The van der Waals surface area contributed by atoms with Crippen LogP contribution in [0.2, 0.25) is 0 Å². The van der Waals surface area contributed by atoms with Gasteiger partial charge < -0.3 is 10.5 Å². The molecule has 0 atom stereocenters. The Morgan fingerprint density at radius 1 is 1.17 bits per heavy atom. The molecule has 0 amide bonds. The molecule has 0 radical (unpaired) electrons. The van der Waals surface area contributed by atoms with E-state index < -0.39 is 0 Å². The van der Waals surface area contributed by atoms with E-state index in [1.54, 1.807) is 18.6 Å². The fourth-order valence-electron chi connectivity index (χ4n) is 1.65. The molecule has 0 fully saturated rings. The summed E-state index contributed by atoms with van der Waals surface area (Å²) < 4.78 is 5.59. The van der Waals surface area contributed by atoms with E-state index in [-0.39, 0.29) is 0 Å². The number of nitrogen functional groups attached to an aromatic ring is 1. The lowest BCUT2D eigenvalue weighted by molar-refractivity contribution is 0.301. The first-order chi connectivity index (χ1) is 8.77. The third kappa shape index (κ3) is 3.20. The fourth-order valence-corrected chi connectivity index (χ4v) is 1.65. The average Bonchev–Trinajstić information content (AvgIpc) is 2.40. The minimum Gasteiger partial charge on any atom is -0.476 e. The van der Waals surface area contributed by atoms with Gasteiger partial charge in [-0.25, -0.2) is 4.98 Å². The van der Waals surface area contributed by atoms with E-state index >= 15 is 0 Å². The van der Waals surface area contributed by atoms with Crippen molar-refractivity contribution in [2.75, 3.05) is 12.3 Å². The van der Waals surface area contributed by atoms with Gasteiger partial charge in [0, 0.05) is 18.6 Å². The molecule has 0 aromatic carbocycles. The number of hydrogen-bond acceptors (Lipinski definition) is 4. The van der Waals surface area contributed by atoms with Gasteiger partial charge in [0.05, 0.1) is 12.3 Å². The van der Waals surface area contributed by atoms with Crippen molar-refractivity contribution in [3.8, 4) is 5.88 Å². The summed E-state index contributed by atoms with van der Waals surface area (Å²) in [6.07, 6.45) is 7.21. The highest BCUT2D eigenvalue weighted by Crippen LogP contribution is 2.21. The summed E-state index contributed by atoms with van der Waals surface area (Å²) in [6, 6.07) is 5.90. The minimum absolute atomic E-state index is 0.532. The number of ether oxygens (including phenoxy) is 1. The first-order valence-corrected chi connectivity index (χ1v) is 6.00. The summed E-state index contributed by atoms with van der Waals surface area (Å²) >= 11 is 0. The number of aryl methyl sites for hydroxylation is 2. The molecular weight excluding hydrogens is 226 g/mol. The molecule has 2 heterocycles. The van der Waals surface area contributed by atoms with Crippen LogP contribution in [0.4, 0.5) is 5.69 Å². The number of nitrogens with zero attached hydrogens (tertiary/aromatic N) is 2. The molecule has 0 saturated carbocycles. The van der Waals surface area contributed by atoms with Gasteiger partial charge in [-0.05, 0) is 49.1 Å². The Balaban J connectivity index is 1.81. The van der Waals surface area contributed by atoms with E-state index in [0.29, 0.717) is 18.2 Å². The SMILES string of the molecule is Cc1ccnc(OCCCc2ccncc2)c1N. The van der Waals surface area contributed by atoms with Gasteiger partial charge in [0.25, 0.3) is 0 Å². The van der Waals surface area contributed by atoms with Gasteiger partial charge in [0.1, 0.15) is 0 Å². The predicted octanol–water partition coefficient (Wildman–Crippen LogP) is 2.38. The summed E-state index contributed by atoms with van der Waals surface area (Å²) in [4.78, 5) is 8.11. The van der Waals surface area contributed by atoms with Gasteiger partial charge in [0.2, 0.25) is 5.88 Å². The van der Waals surface area contributed by atoms with Crippen molar-refractivity contribution in [3.63, 3.8) is 0 Å². The van der Waals surface area contributed by atoms with Crippen LogP contribution in [0.25, 0.3) is 0 Å². The van der Waals surface area contributed by atoms with Crippen LogP contribution in [-0.2, 0) is 6.42 Å². The Hall–Kier alpha value is -2.10. The second kappa shape index (κ2) is 6.00. The van der Waals surface area contributed by atoms with E-state index in [9.17, 15) is 0 Å². The third-order valence-electron chi connectivity index (χ3n) is 2.77. The maximum atomic E-state index is 5.88. The molecule has 2 aromatic rings. The first kappa shape index (κ1) is 12.4. The Kier molecular flexibility index (Phi) is 4.12. The summed E-state index contributed by atoms with van der Waals surface area (Å²) in [5, 5.41) is 0. The Morgan fingerprint density at radius 3 is 2.72 bits per heavy atom. The van der Waals surface area contributed by atoms with Gasteiger partial charge in [-0.15, -0.1) is 0 Å². The zero-order chi connectivity index (χ0) is 12.8. The van der Waals surface area contributed by atoms with Crippen molar-refractivity contribution in [2.45, 2.75) is 19.8 Å². The second-order valence-corrected chi connectivity index (χ2v) is 4.15. The molecule has 0 aliphatic heterocycles. The highest BCUT2D eigenvalue weighted by molar-refractivity contribution is 5.53. The highest BCUT2D eigenvalue weighted by atomic mass is 16.5. The molecule has 4 nitrogen and oxygen atoms in total. The number of anilines is 1. The van der Waals surface area contributed by atoms with Crippen LogP contribution in [0.5, 0.6) is 5.88 Å². The van der Waals surface area contributed by atoms with E-state index in [2.05, 4.69) is 9.97 Å². The minimum atomic E-state index is 0.532. The van der Waals surface area contributed by atoms with Crippen molar-refractivity contribution >= 4 is 5.69 Å². The number of hydrogen-bond donors (Lipinski definition) is 1. The molecule has 0 unspecified atom stereocenters. The fraction of sp³-hybridized carbons (Fsp3) is 0.286. The van der Waals surface area contributed by atoms with Gasteiger partial charge in [-0.3, -0.25) is 4.98 Å². The molecular formula is C14H17N3O. The summed E-state index contributed by atoms with van der Waals surface area (Å²) in [5.41, 5.74) is 8.76. The number of aromatic nitrogens is 2. The lowest BCUT2D eigenvalue weighted by Gasteiger charge is -2.09. The van der Waals surface area contributed by atoms with Crippen LogP contribution in [0.15, 0.2) is 36.8 Å². The van der Waals surface area contributed by atoms with Gasteiger partial charge >= 0.3 is 0 Å². The molecule has 94 valence electrons. The average molecular weight is 243 g/mol. The molecule has 0 spiro atoms. The van der Waals surface area contributed by atoms with E-state index in [4.69, 9.17) is 10.5 Å². The van der Waals surface area contributed by atoms with Crippen LogP contribution in [0.3, 0.4) is 0 Å². The molecule has 2 N–H and O–H groups in total. The predicted molar refractivity (Wildman–Crippen MR) is 71.4 cm³/mol. The van der Waals surface area contributed by atoms with Gasteiger partial charge in [-0.1, -0.05) is 0 Å². The molecule has 2 rings (SSSR count). The molecule has 0 bridgehead atoms. The van der Waals surface area contributed by atoms with Gasteiger partial charge in [-0.2, -0.15) is 0 Å². The molecule has 4 heteroatoms. The Morgan fingerprint density at radius 2 is 1.94 bits per heavy atom. The first-order valence-electron chi connectivity index (χ1n) is 6.00. The van der Waals surface area contributed by atoms with Crippen LogP contribution >= 0.6 is 0 Å². The van der Waals surface area contributed by atoms with Crippen molar-refractivity contribution in [2.24, 2.45) is 0 Å². The molecule has 2 aromatic heterocycles. The van der Waals surface area contributed by atoms with Crippen LogP contribution < -0.4 is 10.5 Å². The summed E-state index contributed by atoms with van der Waals surface area (Å²) in [7, 11) is 0. The smallest absolute Gasteiger partial charge is 0.237 e. The number of pyridine rings is 2. The van der Waals surface area contributed by atoms with Crippen molar-refractivity contribution in [1.29, 1.82) is 0 Å². The summed E-state index contributed by atoms with van der Waals surface area (Å²) in [5.74, 6) is 0.532. The monoisotopic (exact) mass is 243 g/mol. The van der Waals surface area contributed by atoms with Crippen molar-refractivity contribution in [1.82, 2.24) is 9.97 Å². The molecule has 18 heavy (non-hydrogen) atoms. The molecule has 0 aliphatic rings.